The summed E-state index contributed by atoms with van der Waals surface area (Å²) in [5.41, 5.74) is 5.02. The van der Waals surface area contributed by atoms with Crippen molar-refractivity contribution in [2.75, 3.05) is 7.11 Å². The Morgan fingerprint density at radius 2 is 1.84 bits per heavy atom. The van der Waals surface area contributed by atoms with Crippen LogP contribution < -0.4 is 15.6 Å². The fraction of sp³-hybridized carbons (Fsp3) is 0.0588. The van der Waals surface area contributed by atoms with Crippen molar-refractivity contribution < 1.29 is 19.2 Å². The number of nitro benzene ring substituents is 1. The van der Waals surface area contributed by atoms with Crippen LogP contribution in [0.25, 0.3) is 6.08 Å². The van der Waals surface area contributed by atoms with Crippen LogP contribution in [0.4, 0.5) is 5.69 Å². The SMILES string of the molecule is COc1ccc(/C=C/C(=O)NNC(=O)c2cccc([N+](=O)[O-])c2)cc1. The fourth-order valence-corrected chi connectivity index (χ4v) is 1.88. The predicted molar refractivity (Wildman–Crippen MR) is 90.7 cm³/mol. The van der Waals surface area contributed by atoms with Gasteiger partial charge in [-0.1, -0.05) is 18.2 Å². The van der Waals surface area contributed by atoms with Gasteiger partial charge in [0.25, 0.3) is 17.5 Å². The number of ether oxygens (including phenoxy) is 1. The molecule has 8 nitrogen and oxygen atoms in total. The van der Waals surface area contributed by atoms with Gasteiger partial charge in [-0.3, -0.25) is 30.6 Å². The van der Waals surface area contributed by atoms with Gasteiger partial charge >= 0.3 is 0 Å². The molecule has 0 radical (unpaired) electrons. The summed E-state index contributed by atoms with van der Waals surface area (Å²) >= 11 is 0. The van der Waals surface area contributed by atoms with Crippen molar-refractivity contribution in [3.8, 4) is 5.75 Å². The molecule has 0 saturated heterocycles. The van der Waals surface area contributed by atoms with Gasteiger partial charge in [0.2, 0.25) is 0 Å². The molecule has 0 aliphatic rings. The van der Waals surface area contributed by atoms with Crippen LogP contribution in [0.2, 0.25) is 0 Å². The monoisotopic (exact) mass is 341 g/mol. The molecule has 0 fully saturated rings. The van der Waals surface area contributed by atoms with Gasteiger partial charge in [-0.15, -0.1) is 0 Å². The summed E-state index contributed by atoms with van der Waals surface area (Å²) in [5, 5.41) is 10.7. The molecule has 2 rings (SSSR count). The smallest absolute Gasteiger partial charge is 0.270 e. The van der Waals surface area contributed by atoms with Crippen molar-refractivity contribution in [1.29, 1.82) is 0 Å². The number of amides is 2. The molecular formula is C17H15N3O5. The maximum Gasteiger partial charge on any atom is 0.270 e. The number of carbonyl (C=O) groups is 2. The van der Waals surface area contributed by atoms with E-state index in [-0.39, 0.29) is 11.3 Å². The number of carbonyl (C=O) groups excluding carboxylic acids is 2. The van der Waals surface area contributed by atoms with Gasteiger partial charge in [0.15, 0.2) is 0 Å². The normalized spacial score (nSPS) is 10.3. The summed E-state index contributed by atoms with van der Waals surface area (Å²) in [6.07, 6.45) is 2.81. The molecule has 0 saturated carbocycles. The van der Waals surface area contributed by atoms with Crippen molar-refractivity contribution in [2.24, 2.45) is 0 Å². The second-order valence-corrected chi connectivity index (χ2v) is 4.86. The molecule has 8 heteroatoms. The van der Waals surface area contributed by atoms with Crippen molar-refractivity contribution in [2.45, 2.75) is 0 Å². The third-order valence-corrected chi connectivity index (χ3v) is 3.16. The summed E-state index contributed by atoms with van der Waals surface area (Å²) < 4.78 is 5.03. The number of hydrogen-bond donors (Lipinski definition) is 2. The van der Waals surface area contributed by atoms with Crippen LogP contribution in [-0.4, -0.2) is 23.8 Å². The van der Waals surface area contributed by atoms with Crippen molar-refractivity contribution in [1.82, 2.24) is 10.9 Å². The van der Waals surface area contributed by atoms with Crippen LogP contribution in [-0.2, 0) is 4.79 Å². The fourth-order valence-electron chi connectivity index (χ4n) is 1.88. The number of nitrogens with zero attached hydrogens (tertiary/aromatic N) is 1. The number of rotatable bonds is 5. The van der Waals surface area contributed by atoms with Crippen LogP contribution in [0.5, 0.6) is 5.75 Å². The molecule has 2 N–H and O–H groups in total. The van der Waals surface area contributed by atoms with E-state index in [9.17, 15) is 19.7 Å². The molecule has 0 atom stereocenters. The Morgan fingerprint density at radius 3 is 2.48 bits per heavy atom. The lowest BCUT2D eigenvalue weighted by atomic mass is 10.2. The number of hydrazine groups is 1. The quantitative estimate of drug-likeness (QED) is 0.491. The number of methoxy groups -OCH3 is 1. The minimum absolute atomic E-state index is 0.0635. The van der Waals surface area contributed by atoms with Crippen molar-refractivity contribution in [3.05, 3.63) is 75.8 Å². The zero-order valence-corrected chi connectivity index (χ0v) is 13.3. The van der Waals surface area contributed by atoms with Crippen molar-refractivity contribution in [3.63, 3.8) is 0 Å². The number of nitrogens with one attached hydrogen (secondary N) is 2. The minimum atomic E-state index is -0.658. The molecule has 0 unspecified atom stereocenters. The molecule has 25 heavy (non-hydrogen) atoms. The standard InChI is InChI=1S/C17H15N3O5/c1-25-15-8-5-12(6-9-15)7-10-16(21)18-19-17(22)13-3-2-4-14(11-13)20(23)24/h2-11H,1H3,(H,18,21)(H,19,22)/b10-7+. The third-order valence-electron chi connectivity index (χ3n) is 3.16. The first-order valence-electron chi connectivity index (χ1n) is 7.16. The second-order valence-electron chi connectivity index (χ2n) is 4.86. The summed E-state index contributed by atoms with van der Waals surface area (Å²) in [5.74, 6) is -0.504. The number of nitro groups is 1. The zero-order valence-electron chi connectivity index (χ0n) is 13.3. The Hall–Kier alpha value is -3.68. The Kier molecular flexibility index (Phi) is 5.83. The average molecular weight is 341 g/mol. The number of hydrogen-bond acceptors (Lipinski definition) is 5. The van der Waals surface area contributed by atoms with Crippen molar-refractivity contribution >= 4 is 23.6 Å². The molecule has 0 spiro atoms. The Balaban J connectivity index is 1.90. The summed E-state index contributed by atoms with van der Waals surface area (Å²) in [6.45, 7) is 0. The van der Waals surface area contributed by atoms with E-state index >= 15 is 0 Å². The number of non-ortho nitro benzene ring substituents is 1. The maximum absolute atomic E-state index is 11.9. The van der Waals surface area contributed by atoms with Gasteiger partial charge in [-0.25, -0.2) is 0 Å². The van der Waals surface area contributed by atoms with Crippen LogP contribution in [0.1, 0.15) is 15.9 Å². The zero-order chi connectivity index (χ0) is 18.2. The molecule has 2 amide bonds. The van der Waals surface area contributed by atoms with Crippen LogP contribution >= 0.6 is 0 Å². The summed E-state index contributed by atoms with van der Waals surface area (Å²) in [7, 11) is 1.56. The molecule has 2 aromatic rings. The molecule has 2 aromatic carbocycles. The highest BCUT2D eigenvalue weighted by atomic mass is 16.6. The van der Waals surface area contributed by atoms with E-state index in [2.05, 4.69) is 10.9 Å². The first kappa shape index (κ1) is 17.7. The maximum atomic E-state index is 11.9. The molecule has 0 bridgehead atoms. The van der Waals surface area contributed by atoms with E-state index in [1.807, 2.05) is 0 Å². The highest BCUT2D eigenvalue weighted by Crippen LogP contribution is 2.13. The Morgan fingerprint density at radius 1 is 1.12 bits per heavy atom. The predicted octanol–water partition coefficient (Wildman–Crippen LogP) is 2.08. The van der Waals surface area contributed by atoms with E-state index in [0.717, 1.165) is 11.6 Å². The highest BCUT2D eigenvalue weighted by molar-refractivity contribution is 5.98. The third kappa shape index (κ3) is 5.17. The van der Waals surface area contributed by atoms with Gasteiger partial charge in [0.05, 0.1) is 12.0 Å². The lowest BCUT2D eigenvalue weighted by Crippen LogP contribution is -2.40. The topological polar surface area (TPSA) is 111 Å². The van der Waals surface area contributed by atoms with Crippen LogP contribution in [0, 0.1) is 10.1 Å². The van der Waals surface area contributed by atoms with Gasteiger partial charge in [-0.2, -0.15) is 0 Å². The molecule has 0 aromatic heterocycles. The summed E-state index contributed by atoms with van der Waals surface area (Å²) in [4.78, 5) is 33.7. The number of benzene rings is 2. The largest absolute Gasteiger partial charge is 0.497 e. The van der Waals surface area contributed by atoms with Gasteiger partial charge in [0.1, 0.15) is 5.75 Å². The molecule has 0 aliphatic heterocycles. The minimum Gasteiger partial charge on any atom is -0.497 e. The van der Waals surface area contributed by atoms with E-state index in [4.69, 9.17) is 4.74 Å². The Bertz CT molecular complexity index is 815. The highest BCUT2D eigenvalue weighted by Gasteiger charge is 2.11. The van der Waals surface area contributed by atoms with Crippen LogP contribution in [0.15, 0.2) is 54.6 Å². The van der Waals surface area contributed by atoms with Crippen LogP contribution in [0.3, 0.4) is 0 Å². The first-order valence-corrected chi connectivity index (χ1v) is 7.16. The average Bonchev–Trinajstić information content (AvgIpc) is 2.64. The lowest BCUT2D eigenvalue weighted by molar-refractivity contribution is -0.384. The van der Waals surface area contributed by atoms with E-state index < -0.39 is 16.7 Å². The molecule has 0 aliphatic carbocycles. The molecule has 0 heterocycles. The van der Waals surface area contributed by atoms with Gasteiger partial charge in [-0.05, 0) is 29.8 Å². The second kappa shape index (κ2) is 8.25. The van der Waals surface area contributed by atoms with E-state index in [1.54, 1.807) is 37.5 Å². The van der Waals surface area contributed by atoms with E-state index in [0.29, 0.717) is 5.75 Å². The first-order chi connectivity index (χ1) is 12.0. The van der Waals surface area contributed by atoms with Gasteiger partial charge < -0.3 is 4.74 Å². The molecule has 128 valence electrons. The van der Waals surface area contributed by atoms with Gasteiger partial charge in [0, 0.05) is 23.8 Å². The lowest BCUT2D eigenvalue weighted by Gasteiger charge is -2.05. The summed E-state index contributed by atoms with van der Waals surface area (Å²) in [6, 6.07) is 12.2. The van der Waals surface area contributed by atoms with E-state index in [1.165, 1.54) is 24.3 Å². The molecular weight excluding hydrogens is 326 g/mol. The Labute approximate surface area is 143 Å².